The van der Waals surface area contributed by atoms with Gasteiger partial charge in [0.1, 0.15) is 0 Å². The van der Waals surface area contributed by atoms with Crippen molar-refractivity contribution in [2.75, 3.05) is 0 Å². The van der Waals surface area contributed by atoms with Crippen LogP contribution in [0.3, 0.4) is 0 Å². The summed E-state index contributed by atoms with van der Waals surface area (Å²) in [6, 6.07) is 0. The quantitative estimate of drug-likeness (QED) is 0.643. The lowest BCUT2D eigenvalue weighted by Crippen LogP contribution is -2.42. The fraction of sp³-hybridized carbons (Fsp3) is 0.583. The van der Waals surface area contributed by atoms with E-state index in [0.29, 0.717) is 17.8 Å². The highest BCUT2D eigenvalue weighted by molar-refractivity contribution is 5.71. The van der Waals surface area contributed by atoms with E-state index in [1.807, 2.05) is 0 Å². The molecule has 0 radical (unpaired) electrons. The number of carboxylic acids is 1. The van der Waals surface area contributed by atoms with Crippen LogP contribution in [0, 0.1) is 29.6 Å². The Kier molecular flexibility index (Phi) is 1.61. The second-order valence-electron chi connectivity index (χ2n) is 4.71. The molecule has 0 heterocycles. The molecule has 1 fully saturated rings. The third kappa shape index (κ3) is 0.941. The van der Waals surface area contributed by atoms with Crippen molar-refractivity contribution in [3.63, 3.8) is 0 Å². The SMILES string of the molecule is O=C(O)[C@@H]1C[C@@H]2C=C[C@H]1[C@H]1C=CC[C@H]12. The van der Waals surface area contributed by atoms with Crippen LogP contribution in [0.15, 0.2) is 24.3 Å². The first-order chi connectivity index (χ1) is 6.77. The molecule has 2 nitrogen and oxygen atoms in total. The Balaban J connectivity index is 1.96. The molecule has 0 aromatic carbocycles. The minimum atomic E-state index is -0.608. The second-order valence-corrected chi connectivity index (χ2v) is 4.71. The van der Waals surface area contributed by atoms with Crippen molar-refractivity contribution in [1.29, 1.82) is 0 Å². The molecule has 74 valence electrons. The summed E-state index contributed by atoms with van der Waals surface area (Å²) in [6.07, 6.45) is 10.9. The summed E-state index contributed by atoms with van der Waals surface area (Å²) < 4.78 is 0. The van der Waals surface area contributed by atoms with E-state index < -0.39 is 5.97 Å². The molecule has 1 N–H and O–H groups in total. The van der Waals surface area contributed by atoms with E-state index in [1.165, 1.54) is 0 Å². The molecule has 0 aromatic heterocycles. The average Bonchev–Trinajstić information content (AvgIpc) is 2.68. The Morgan fingerprint density at radius 2 is 2.07 bits per heavy atom. The molecule has 4 rings (SSSR count). The van der Waals surface area contributed by atoms with Gasteiger partial charge in [-0.2, -0.15) is 0 Å². The molecule has 4 aliphatic rings. The Morgan fingerprint density at radius 3 is 2.86 bits per heavy atom. The van der Waals surface area contributed by atoms with Crippen molar-refractivity contribution in [2.24, 2.45) is 29.6 Å². The fourth-order valence-corrected chi connectivity index (χ4v) is 3.48. The molecule has 4 aliphatic carbocycles. The summed E-state index contributed by atoms with van der Waals surface area (Å²) in [4.78, 5) is 11.1. The highest BCUT2D eigenvalue weighted by Crippen LogP contribution is 2.52. The zero-order valence-corrected chi connectivity index (χ0v) is 7.97. The van der Waals surface area contributed by atoms with Crippen LogP contribution in [0.25, 0.3) is 0 Å². The smallest absolute Gasteiger partial charge is 0.307 e. The highest BCUT2D eigenvalue weighted by Gasteiger charge is 2.48. The number of carbonyl (C=O) groups is 1. The Labute approximate surface area is 83.3 Å². The summed E-state index contributed by atoms with van der Waals surface area (Å²) in [7, 11) is 0. The molecule has 0 aromatic rings. The van der Waals surface area contributed by atoms with Gasteiger partial charge in [0.15, 0.2) is 0 Å². The van der Waals surface area contributed by atoms with Crippen LogP contribution in [-0.2, 0) is 4.79 Å². The zero-order chi connectivity index (χ0) is 9.71. The third-order valence-electron chi connectivity index (χ3n) is 4.14. The van der Waals surface area contributed by atoms with Gasteiger partial charge in [-0.3, -0.25) is 4.79 Å². The number of fused-ring (bicyclic) bond motifs is 1. The van der Waals surface area contributed by atoms with Crippen LogP contribution in [0.1, 0.15) is 12.8 Å². The highest BCUT2D eigenvalue weighted by atomic mass is 16.4. The number of allylic oxidation sites excluding steroid dienone is 4. The molecule has 5 atom stereocenters. The molecule has 0 saturated heterocycles. The minimum Gasteiger partial charge on any atom is -0.481 e. The van der Waals surface area contributed by atoms with Gasteiger partial charge >= 0.3 is 5.97 Å². The van der Waals surface area contributed by atoms with Gasteiger partial charge < -0.3 is 5.11 Å². The standard InChI is InChI=1S/C12H14O2/c13-12(14)11-6-7-4-5-10(11)9-3-1-2-8(7)9/h1,3-5,7-11H,2,6H2,(H,13,14)/t7-,8-,9-,10-,11+/m0/s1. The Morgan fingerprint density at radius 1 is 1.21 bits per heavy atom. The van der Waals surface area contributed by atoms with Gasteiger partial charge in [0, 0.05) is 0 Å². The van der Waals surface area contributed by atoms with Gasteiger partial charge in [-0.25, -0.2) is 0 Å². The molecule has 0 amide bonds. The molecule has 2 heteroatoms. The van der Waals surface area contributed by atoms with E-state index in [1.54, 1.807) is 0 Å². The molecule has 1 saturated carbocycles. The van der Waals surface area contributed by atoms with Crippen molar-refractivity contribution >= 4 is 5.97 Å². The van der Waals surface area contributed by atoms with Crippen molar-refractivity contribution < 1.29 is 9.90 Å². The van der Waals surface area contributed by atoms with E-state index in [2.05, 4.69) is 24.3 Å². The topological polar surface area (TPSA) is 37.3 Å². The van der Waals surface area contributed by atoms with Crippen LogP contribution in [-0.4, -0.2) is 11.1 Å². The zero-order valence-electron chi connectivity index (χ0n) is 7.97. The van der Waals surface area contributed by atoms with E-state index in [0.717, 1.165) is 12.8 Å². The van der Waals surface area contributed by atoms with Gasteiger partial charge in [0.2, 0.25) is 0 Å². The molecule has 0 aliphatic heterocycles. The number of carboxylic acid groups (broad SMARTS) is 1. The van der Waals surface area contributed by atoms with Crippen LogP contribution in [0.5, 0.6) is 0 Å². The van der Waals surface area contributed by atoms with Gasteiger partial charge in [-0.1, -0.05) is 24.3 Å². The van der Waals surface area contributed by atoms with Crippen LogP contribution in [0.2, 0.25) is 0 Å². The molecule has 0 spiro atoms. The van der Waals surface area contributed by atoms with E-state index >= 15 is 0 Å². The lowest BCUT2D eigenvalue weighted by Gasteiger charge is -2.44. The van der Waals surface area contributed by atoms with Gasteiger partial charge in [0.05, 0.1) is 5.92 Å². The van der Waals surface area contributed by atoms with Crippen molar-refractivity contribution in [2.45, 2.75) is 12.8 Å². The molecular formula is C12H14O2. The first-order valence-electron chi connectivity index (χ1n) is 5.35. The minimum absolute atomic E-state index is 0.131. The third-order valence-corrected chi connectivity index (χ3v) is 4.14. The summed E-state index contributed by atoms with van der Waals surface area (Å²) in [5, 5.41) is 9.12. The number of hydrogen-bond acceptors (Lipinski definition) is 1. The maximum Gasteiger partial charge on any atom is 0.307 e. The maximum atomic E-state index is 11.1. The first kappa shape index (κ1) is 8.27. The summed E-state index contributed by atoms with van der Waals surface area (Å²) in [6.45, 7) is 0. The molecule has 14 heavy (non-hydrogen) atoms. The molecule has 2 bridgehead atoms. The molecule has 0 unspecified atom stereocenters. The summed E-state index contributed by atoms with van der Waals surface area (Å²) >= 11 is 0. The van der Waals surface area contributed by atoms with Gasteiger partial charge in [0.25, 0.3) is 0 Å². The Hall–Kier alpha value is -1.05. The first-order valence-corrected chi connectivity index (χ1v) is 5.35. The fourth-order valence-electron chi connectivity index (χ4n) is 3.48. The van der Waals surface area contributed by atoms with Gasteiger partial charge in [-0.05, 0) is 36.5 Å². The average molecular weight is 190 g/mol. The monoisotopic (exact) mass is 190 g/mol. The van der Waals surface area contributed by atoms with Crippen LogP contribution < -0.4 is 0 Å². The van der Waals surface area contributed by atoms with Gasteiger partial charge in [-0.15, -0.1) is 0 Å². The lowest BCUT2D eigenvalue weighted by molar-refractivity contribution is -0.146. The number of hydrogen-bond donors (Lipinski definition) is 1. The van der Waals surface area contributed by atoms with Crippen molar-refractivity contribution in [3.8, 4) is 0 Å². The Bertz CT molecular complexity index is 327. The van der Waals surface area contributed by atoms with Crippen molar-refractivity contribution in [3.05, 3.63) is 24.3 Å². The molecular weight excluding hydrogens is 176 g/mol. The lowest BCUT2D eigenvalue weighted by atomic mass is 9.59. The number of aliphatic carboxylic acids is 1. The number of rotatable bonds is 1. The normalized spacial score (nSPS) is 48.1. The predicted molar refractivity (Wildman–Crippen MR) is 52.6 cm³/mol. The van der Waals surface area contributed by atoms with E-state index in [9.17, 15) is 4.79 Å². The van der Waals surface area contributed by atoms with Crippen molar-refractivity contribution in [1.82, 2.24) is 0 Å². The van der Waals surface area contributed by atoms with E-state index in [4.69, 9.17) is 5.11 Å². The predicted octanol–water partition coefficient (Wildman–Crippen LogP) is 2.09. The maximum absolute atomic E-state index is 11.1. The van der Waals surface area contributed by atoms with Crippen LogP contribution >= 0.6 is 0 Å². The largest absolute Gasteiger partial charge is 0.481 e. The summed E-state index contributed by atoms with van der Waals surface area (Å²) in [5.74, 6) is 1.26. The summed E-state index contributed by atoms with van der Waals surface area (Å²) in [5.41, 5.74) is 0. The second kappa shape index (κ2) is 2.72. The van der Waals surface area contributed by atoms with E-state index in [-0.39, 0.29) is 11.8 Å². The van der Waals surface area contributed by atoms with Crippen LogP contribution in [0.4, 0.5) is 0 Å².